The van der Waals surface area contributed by atoms with Crippen molar-refractivity contribution in [1.29, 1.82) is 0 Å². The standard InChI is InChI=1S/C27H36N2O3/c1-4-32-25-17-11-9-15-23(25)27(31)28-18-12-6-5-7-13-19-29(26(30)21(2)3)24-16-10-8-14-22(24)20-28/h8-11,14-17,21H,4-7,12-13,18-20H2,1-3H3. The number of carbonyl (C=O) groups is 2. The molecule has 0 aromatic heterocycles. The normalized spacial score (nSPS) is 15.5. The molecule has 32 heavy (non-hydrogen) atoms. The van der Waals surface area contributed by atoms with Crippen molar-refractivity contribution in [3.8, 4) is 5.75 Å². The molecule has 2 aromatic carbocycles. The number of nitrogens with zero attached hydrogens (tertiary/aromatic N) is 2. The molecule has 2 amide bonds. The monoisotopic (exact) mass is 436 g/mol. The molecule has 0 saturated heterocycles. The van der Waals surface area contributed by atoms with Crippen LogP contribution in [0.15, 0.2) is 48.5 Å². The number of fused-ring (bicyclic) bond motifs is 1. The van der Waals surface area contributed by atoms with Crippen LogP contribution >= 0.6 is 0 Å². The van der Waals surface area contributed by atoms with Gasteiger partial charge < -0.3 is 14.5 Å². The molecule has 0 radical (unpaired) electrons. The van der Waals surface area contributed by atoms with E-state index in [1.165, 1.54) is 0 Å². The van der Waals surface area contributed by atoms with Crippen molar-refractivity contribution in [2.24, 2.45) is 5.92 Å². The minimum atomic E-state index is -0.0771. The van der Waals surface area contributed by atoms with Crippen LogP contribution in [-0.4, -0.2) is 36.4 Å². The van der Waals surface area contributed by atoms with Gasteiger partial charge in [0, 0.05) is 31.2 Å². The second-order valence-electron chi connectivity index (χ2n) is 8.70. The lowest BCUT2D eigenvalue weighted by Crippen LogP contribution is -2.37. The fourth-order valence-corrected chi connectivity index (χ4v) is 4.22. The zero-order valence-electron chi connectivity index (χ0n) is 19.7. The maximum Gasteiger partial charge on any atom is 0.257 e. The third-order valence-electron chi connectivity index (χ3n) is 5.92. The van der Waals surface area contributed by atoms with Crippen LogP contribution in [0.1, 0.15) is 68.8 Å². The summed E-state index contributed by atoms with van der Waals surface area (Å²) in [5.41, 5.74) is 2.51. The van der Waals surface area contributed by atoms with E-state index >= 15 is 0 Å². The minimum absolute atomic E-state index is 0.0253. The Labute approximate surface area is 192 Å². The molecule has 0 aliphatic carbocycles. The number of rotatable bonds is 4. The maximum atomic E-state index is 13.6. The van der Waals surface area contributed by atoms with E-state index in [0.717, 1.165) is 49.9 Å². The van der Waals surface area contributed by atoms with Crippen LogP contribution in [0.5, 0.6) is 5.75 Å². The Hall–Kier alpha value is -2.82. The zero-order chi connectivity index (χ0) is 22.9. The minimum Gasteiger partial charge on any atom is -0.493 e. The van der Waals surface area contributed by atoms with Gasteiger partial charge in [0.05, 0.1) is 12.2 Å². The molecular weight excluding hydrogens is 400 g/mol. The summed E-state index contributed by atoms with van der Waals surface area (Å²) in [6.07, 6.45) is 5.25. The highest BCUT2D eigenvalue weighted by Gasteiger charge is 2.25. The van der Waals surface area contributed by atoms with Crippen molar-refractivity contribution in [3.63, 3.8) is 0 Å². The number of benzene rings is 2. The van der Waals surface area contributed by atoms with E-state index < -0.39 is 0 Å². The number of carbonyl (C=O) groups excluding carboxylic acids is 2. The Morgan fingerprint density at radius 3 is 2.31 bits per heavy atom. The van der Waals surface area contributed by atoms with E-state index in [0.29, 0.717) is 31.0 Å². The van der Waals surface area contributed by atoms with Crippen LogP contribution in [0.25, 0.3) is 0 Å². The van der Waals surface area contributed by atoms with Gasteiger partial charge in [-0.25, -0.2) is 0 Å². The Morgan fingerprint density at radius 2 is 1.56 bits per heavy atom. The summed E-state index contributed by atoms with van der Waals surface area (Å²) in [7, 11) is 0. The van der Waals surface area contributed by atoms with Gasteiger partial charge in [0.25, 0.3) is 5.91 Å². The molecular formula is C27H36N2O3. The van der Waals surface area contributed by atoms with E-state index in [1.807, 2.05) is 79.1 Å². The fraction of sp³-hybridized carbons (Fsp3) is 0.481. The van der Waals surface area contributed by atoms with E-state index in [4.69, 9.17) is 4.74 Å². The molecule has 2 aromatic rings. The lowest BCUT2D eigenvalue weighted by Gasteiger charge is -2.30. The van der Waals surface area contributed by atoms with Crippen molar-refractivity contribution in [3.05, 3.63) is 59.7 Å². The molecule has 3 rings (SSSR count). The van der Waals surface area contributed by atoms with Gasteiger partial charge in [-0.2, -0.15) is 0 Å². The third-order valence-corrected chi connectivity index (χ3v) is 5.92. The molecule has 0 saturated carbocycles. The average Bonchev–Trinajstić information content (AvgIpc) is 2.79. The quantitative estimate of drug-likeness (QED) is 0.619. The summed E-state index contributed by atoms with van der Waals surface area (Å²) in [5, 5.41) is 0. The number of hydrogen-bond donors (Lipinski definition) is 0. The number of para-hydroxylation sites is 2. The number of amides is 2. The fourth-order valence-electron chi connectivity index (χ4n) is 4.22. The Kier molecular flexibility index (Phi) is 8.72. The van der Waals surface area contributed by atoms with Crippen LogP contribution in [0.2, 0.25) is 0 Å². The first kappa shape index (κ1) is 23.8. The number of hydrogen-bond acceptors (Lipinski definition) is 3. The van der Waals surface area contributed by atoms with Crippen molar-refractivity contribution in [2.45, 2.75) is 59.4 Å². The Morgan fingerprint density at radius 1 is 0.906 bits per heavy atom. The van der Waals surface area contributed by atoms with Gasteiger partial charge in [-0.15, -0.1) is 0 Å². The van der Waals surface area contributed by atoms with E-state index in [-0.39, 0.29) is 17.7 Å². The Bertz CT molecular complexity index is 909. The van der Waals surface area contributed by atoms with Crippen LogP contribution < -0.4 is 9.64 Å². The van der Waals surface area contributed by atoms with E-state index in [2.05, 4.69) is 0 Å². The summed E-state index contributed by atoms with van der Waals surface area (Å²) in [5.74, 6) is 0.652. The summed E-state index contributed by atoms with van der Waals surface area (Å²) in [6.45, 7) is 8.20. The van der Waals surface area contributed by atoms with Gasteiger partial charge in [0.1, 0.15) is 5.75 Å². The molecule has 0 spiro atoms. The zero-order valence-corrected chi connectivity index (χ0v) is 19.7. The molecule has 1 aliphatic rings. The first-order chi connectivity index (χ1) is 15.5. The largest absolute Gasteiger partial charge is 0.493 e. The molecule has 172 valence electrons. The number of anilines is 1. The third kappa shape index (κ3) is 5.90. The SMILES string of the molecule is CCOc1ccccc1C(=O)N1CCCCCCCN(C(=O)C(C)C)c2ccccc2C1. The van der Waals surface area contributed by atoms with Crippen molar-refractivity contribution in [1.82, 2.24) is 4.90 Å². The highest BCUT2D eigenvalue weighted by molar-refractivity contribution is 5.97. The predicted octanol–water partition coefficient (Wildman–Crippen LogP) is 5.68. The molecule has 0 fully saturated rings. The smallest absolute Gasteiger partial charge is 0.257 e. The van der Waals surface area contributed by atoms with E-state index in [1.54, 1.807) is 0 Å². The van der Waals surface area contributed by atoms with Gasteiger partial charge >= 0.3 is 0 Å². The topological polar surface area (TPSA) is 49.9 Å². The molecule has 1 aliphatic heterocycles. The van der Waals surface area contributed by atoms with Crippen LogP contribution in [0.4, 0.5) is 5.69 Å². The first-order valence-electron chi connectivity index (χ1n) is 11.9. The predicted molar refractivity (Wildman–Crippen MR) is 129 cm³/mol. The maximum absolute atomic E-state index is 13.6. The lowest BCUT2D eigenvalue weighted by atomic mass is 10.0. The van der Waals surface area contributed by atoms with Crippen molar-refractivity contribution >= 4 is 17.5 Å². The second kappa shape index (κ2) is 11.7. The van der Waals surface area contributed by atoms with Crippen molar-refractivity contribution < 1.29 is 14.3 Å². The molecule has 0 unspecified atom stereocenters. The van der Waals surface area contributed by atoms with Crippen LogP contribution in [0, 0.1) is 5.92 Å². The number of ether oxygens (including phenoxy) is 1. The van der Waals surface area contributed by atoms with E-state index in [9.17, 15) is 9.59 Å². The van der Waals surface area contributed by atoms with Gasteiger partial charge in [0.2, 0.25) is 5.91 Å². The average molecular weight is 437 g/mol. The molecule has 0 bridgehead atoms. The van der Waals surface area contributed by atoms with Gasteiger partial charge in [-0.3, -0.25) is 9.59 Å². The van der Waals surface area contributed by atoms with Gasteiger partial charge in [-0.1, -0.05) is 63.4 Å². The summed E-state index contributed by atoms with van der Waals surface area (Å²) in [6, 6.07) is 15.5. The molecule has 1 heterocycles. The van der Waals surface area contributed by atoms with Crippen LogP contribution in [0.3, 0.4) is 0 Å². The molecule has 5 heteroatoms. The van der Waals surface area contributed by atoms with Crippen LogP contribution in [-0.2, 0) is 11.3 Å². The lowest BCUT2D eigenvalue weighted by molar-refractivity contribution is -0.121. The van der Waals surface area contributed by atoms with Gasteiger partial charge in [0.15, 0.2) is 0 Å². The highest BCUT2D eigenvalue weighted by atomic mass is 16.5. The first-order valence-corrected chi connectivity index (χ1v) is 11.9. The molecule has 0 N–H and O–H groups in total. The summed E-state index contributed by atoms with van der Waals surface area (Å²) in [4.78, 5) is 30.5. The molecule has 0 atom stereocenters. The molecule has 5 nitrogen and oxygen atoms in total. The highest BCUT2D eigenvalue weighted by Crippen LogP contribution is 2.27. The summed E-state index contributed by atoms with van der Waals surface area (Å²) < 4.78 is 5.73. The van der Waals surface area contributed by atoms with Gasteiger partial charge in [-0.05, 0) is 43.5 Å². The van der Waals surface area contributed by atoms with Crippen molar-refractivity contribution in [2.75, 3.05) is 24.6 Å². The Balaban J connectivity index is 1.97. The summed E-state index contributed by atoms with van der Waals surface area (Å²) >= 11 is 0. The second-order valence-corrected chi connectivity index (χ2v) is 8.70.